The number of thiazole rings is 1. The summed E-state index contributed by atoms with van der Waals surface area (Å²) in [5.74, 6) is -0.436. The number of nitrogens with one attached hydrogen (secondary N) is 1. The van der Waals surface area contributed by atoms with E-state index in [0.29, 0.717) is 23.7 Å². The van der Waals surface area contributed by atoms with Crippen LogP contribution in [0.4, 0.5) is 9.52 Å². The van der Waals surface area contributed by atoms with Crippen molar-refractivity contribution in [1.29, 1.82) is 0 Å². The van der Waals surface area contributed by atoms with Crippen LogP contribution < -0.4 is 15.2 Å². The lowest BCUT2D eigenvalue weighted by Crippen LogP contribution is -2.46. The van der Waals surface area contributed by atoms with Crippen molar-refractivity contribution in [1.82, 2.24) is 9.29 Å². The fraction of sp³-hybridized carbons (Fsp3) is 0.286. The summed E-state index contributed by atoms with van der Waals surface area (Å²) >= 11 is 1.07. The minimum absolute atomic E-state index is 0.216. The number of benzene rings is 1. The minimum Gasteiger partial charge on any atom is -0.445 e. The van der Waals surface area contributed by atoms with Gasteiger partial charge in [-0.25, -0.2) is 14.5 Å². The van der Waals surface area contributed by atoms with Crippen molar-refractivity contribution in [2.45, 2.75) is 18.9 Å². The van der Waals surface area contributed by atoms with E-state index in [1.807, 2.05) is 0 Å². The maximum absolute atomic E-state index is 12.9. The van der Waals surface area contributed by atoms with Crippen LogP contribution in [0, 0.1) is 5.82 Å². The number of nitrogens with two attached hydrogens (primary N) is 1. The number of nitrogens with zero attached hydrogens (tertiary/aromatic N) is 2. The maximum Gasteiger partial charge on any atom is 0.277 e. The summed E-state index contributed by atoms with van der Waals surface area (Å²) in [6.07, 6.45) is 2.37. The van der Waals surface area contributed by atoms with Crippen LogP contribution in [-0.2, 0) is 15.0 Å². The van der Waals surface area contributed by atoms with Crippen molar-refractivity contribution < 1.29 is 22.3 Å². The van der Waals surface area contributed by atoms with Crippen LogP contribution >= 0.6 is 11.3 Å². The molecule has 25 heavy (non-hydrogen) atoms. The van der Waals surface area contributed by atoms with E-state index in [0.717, 1.165) is 15.6 Å². The van der Waals surface area contributed by atoms with Gasteiger partial charge in [-0.1, -0.05) is 11.3 Å². The number of carbonyl (C=O) groups is 1. The van der Waals surface area contributed by atoms with E-state index in [4.69, 9.17) is 9.88 Å². The van der Waals surface area contributed by atoms with Crippen LogP contribution in [0.3, 0.4) is 0 Å². The Labute approximate surface area is 147 Å². The molecule has 11 heteroatoms. The van der Waals surface area contributed by atoms with Gasteiger partial charge in [0.25, 0.3) is 10.2 Å². The van der Waals surface area contributed by atoms with Crippen LogP contribution in [0.5, 0.6) is 10.8 Å². The van der Waals surface area contributed by atoms with Crippen LogP contribution in [0.1, 0.15) is 12.8 Å². The van der Waals surface area contributed by atoms with Gasteiger partial charge >= 0.3 is 0 Å². The van der Waals surface area contributed by atoms with Gasteiger partial charge in [0.2, 0.25) is 11.0 Å². The van der Waals surface area contributed by atoms with Gasteiger partial charge in [0.05, 0.1) is 6.20 Å². The van der Waals surface area contributed by atoms with Crippen molar-refractivity contribution in [3.05, 3.63) is 36.3 Å². The van der Waals surface area contributed by atoms with Gasteiger partial charge in [0, 0.05) is 6.54 Å². The summed E-state index contributed by atoms with van der Waals surface area (Å²) in [6.45, 7) is 0.216. The van der Waals surface area contributed by atoms with E-state index in [1.54, 1.807) is 0 Å². The van der Waals surface area contributed by atoms with Crippen molar-refractivity contribution in [2.24, 2.45) is 5.14 Å². The third kappa shape index (κ3) is 4.31. The van der Waals surface area contributed by atoms with E-state index in [-0.39, 0.29) is 17.5 Å². The molecule has 0 spiro atoms. The molecule has 1 aliphatic rings. The van der Waals surface area contributed by atoms with E-state index in [9.17, 15) is 17.6 Å². The quantitative estimate of drug-likeness (QED) is 0.811. The molecule has 0 aliphatic carbocycles. The van der Waals surface area contributed by atoms with Gasteiger partial charge in [-0.15, -0.1) is 0 Å². The van der Waals surface area contributed by atoms with Crippen LogP contribution in [0.15, 0.2) is 30.5 Å². The summed E-state index contributed by atoms with van der Waals surface area (Å²) in [5.41, 5.74) is 0. The molecule has 0 bridgehead atoms. The molecule has 1 saturated heterocycles. The molecule has 1 aromatic carbocycles. The zero-order chi connectivity index (χ0) is 18.0. The molecular weight excluding hydrogens is 371 g/mol. The van der Waals surface area contributed by atoms with E-state index < -0.39 is 22.2 Å². The van der Waals surface area contributed by atoms with Gasteiger partial charge in [0.15, 0.2) is 5.13 Å². The molecule has 8 nitrogen and oxygen atoms in total. The smallest absolute Gasteiger partial charge is 0.277 e. The normalized spacial score (nSPS) is 18.2. The summed E-state index contributed by atoms with van der Waals surface area (Å²) in [5, 5.41) is 8.36. The molecule has 3 N–H and O–H groups in total. The second-order valence-corrected chi connectivity index (χ2v) is 7.84. The average molecular weight is 386 g/mol. The van der Waals surface area contributed by atoms with Crippen molar-refractivity contribution in [3.63, 3.8) is 0 Å². The van der Waals surface area contributed by atoms with E-state index >= 15 is 0 Å². The highest BCUT2D eigenvalue weighted by Gasteiger charge is 2.37. The maximum atomic E-state index is 12.9. The molecule has 0 radical (unpaired) electrons. The highest BCUT2D eigenvalue weighted by atomic mass is 32.2. The third-order valence-corrected chi connectivity index (χ3v) is 5.46. The Hall–Kier alpha value is -2.08. The van der Waals surface area contributed by atoms with Crippen LogP contribution in [0.2, 0.25) is 0 Å². The molecule has 3 rings (SSSR count). The number of hydrogen-bond donors (Lipinski definition) is 2. The Morgan fingerprint density at radius 3 is 2.80 bits per heavy atom. The zero-order valence-corrected chi connectivity index (χ0v) is 14.5. The SMILES string of the molecule is NS(=O)(=O)N1CCCC1C(=O)Nc1ncc(Oc2ccc(F)cc2)s1. The Bertz CT molecular complexity index is 869. The predicted octanol–water partition coefficient (Wildman–Crippen LogP) is 1.68. The number of amides is 1. The fourth-order valence-electron chi connectivity index (χ4n) is 2.48. The lowest BCUT2D eigenvalue weighted by atomic mass is 10.2. The molecule has 134 valence electrons. The molecule has 1 aromatic heterocycles. The Kier molecular flexibility index (Phi) is 4.99. The third-order valence-electron chi connectivity index (χ3n) is 3.58. The molecule has 1 fully saturated rings. The first-order chi connectivity index (χ1) is 11.8. The average Bonchev–Trinajstić information content (AvgIpc) is 3.18. The molecule has 0 saturated carbocycles. The van der Waals surface area contributed by atoms with E-state index in [2.05, 4.69) is 10.3 Å². The molecule has 1 atom stereocenters. The Balaban J connectivity index is 1.65. The summed E-state index contributed by atoms with van der Waals surface area (Å²) < 4.78 is 42.3. The second-order valence-electron chi connectivity index (χ2n) is 5.34. The minimum atomic E-state index is -3.93. The second kappa shape index (κ2) is 7.04. The fourth-order valence-corrected chi connectivity index (χ4v) is 4.11. The summed E-state index contributed by atoms with van der Waals surface area (Å²) in [4.78, 5) is 16.3. The number of ether oxygens (including phenoxy) is 1. The van der Waals surface area contributed by atoms with Gasteiger partial charge < -0.3 is 10.1 Å². The topological polar surface area (TPSA) is 115 Å². The predicted molar refractivity (Wildman–Crippen MR) is 90.1 cm³/mol. The molecular formula is C14H15FN4O4S2. The van der Waals surface area contributed by atoms with Crippen molar-refractivity contribution in [2.75, 3.05) is 11.9 Å². The van der Waals surface area contributed by atoms with Crippen molar-refractivity contribution >= 4 is 32.6 Å². The highest BCUT2D eigenvalue weighted by molar-refractivity contribution is 7.86. The number of aromatic nitrogens is 1. The molecule has 2 aromatic rings. The Morgan fingerprint density at radius 1 is 1.40 bits per heavy atom. The number of hydrogen-bond acceptors (Lipinski definition) is 6. The summed E-state index contributed by atoms with van der Waals surface area (Å²) in [6, 6.07) is 4.62. The van der Waals surface area contributed by atoms with Crippen LogP contribution in [-0.4, -0.2) is 36.2 Å². The Morgan fingerprint density at radius 2 is 2.12 bits per heavy atom. The molecule has 2 heterocycles. The highest BCUT2D eigenvalue weighted by Crippen LogP contribution is 2.31. The van der Waals surface area contributed by atoms with Gasteiger partial charge in [-0.2, -0.15) is 12.7 Å². The lowest BCUT2D eigenvalue weighted by molar-refractivity contribution is -0.119. The molecule has 1 unspecified atom stereocenters. The number of rotatable bonds is 5. The van der Waals surface area contributed by atoms with E-state index in [1.165, 1.54) is 30.5 Å². The molecule has 1 amide bonds. The first kappa shape index (κ1) is 17.7. The molecule has 1 aliphatic heterocycles. The standard InChI is InChI=1S/C14H15FN4O4S2/c15-9-3-5-10(6-4-9)23-12-8-17-14(24-12)18-13(20)11-2-1-7-19(11)25(16,21)22/h3-6,8,11H,1-2,7H2,(H2,16,21,22)(H,17,18,20). The number of carbonyl (C=O) groups excluding carboxylic acids is 1. The van der Waals surface area contributed by atoms with Crippen molar-refractivity contribution in [3.8, 4) is 10.8 Å². The van der Waals surface area contributed by atoms with Gasteiger partial charge in [-0.05, 0) is 37.1 Å². The van der Waals surface area contributed by atoms with Gasteiger partial charge in [-0.3, -0.25) is 4.79 Å². The monoisotopic (exact) mass is 386 g/mol. The summed E-state index contributed by atoms with van der Waals surface area (Å²) in [7, 11) is -3.93. The number of anilines is 1. The largest absolute Gasteiger partial charge is 0.445 e. The first-order valence-corrected chi connectivity index (χ1v) is 9.64. The zero-order valence-electron chi connectivity index (χ0n) is 12.9. The van der Waals surface area contributed by atoms with Crippen LogP contribution in [0.25, 0.3) is 0 Å². The number of halogens is 1. The lowest BCUT2D eigenvalue weighted by Gasteiger charge is -2.20. The van der Waals surface area contributed by atoms with Gasteiger partial charge in [0.1, 0.15) is 17.6 Å². The first-order valence-electron chi connectivity index (χ1n) is 7.32.